The maximum Gasteiger partial charge on any atom is 0.472 e. The van der Waals surface area contributed by atoms with Crippen LogP contribution in [0.3, 0.4) is 0 Å². The highest BCUT2D eigenvalue weighted by Crippen LogP contribution is 2.68. The zero-order valence-electron chi connectivity index (χ0n) is 41.7. The zero-order valence-corrected chi connectivity index (χ0v) is 45.0. The minimum atomic E-state index is -5.27. The Kier molecular flexibility index (Phi) is 15.7. The summed E-state index contributed by atoms with van der Waals surface area (Å²) in [6, 6.07) is 8.27. The van der Waals surface area contributed by atoms with E-state index < -0.39 is 191 Å². The van der Waals surface area contributed by atoms with E-state index in [4.69, 9.17) is 26.1 Å². The van der Waals surface area contributed by atoms with Gasteiger partial charge in [0.05, 0.1) is 45.0 Å². The SMILES string of the molecule is CC(C)(C#Cc1ccc(-c2ccc(Cl)c3c(N(C(=O)c4ccccc4C(=O)OCOP(=O)(O)O)S(C)(=O)=O)nn(CC(F)(F)F)c23)c([C@H](Cc2cc(F)cc(F)c2)NC(=O)Cn2nc(C(F)(F)F)c3c2C(F)(F)[C@@H]2C[C@H]32)n1)S(C)(=O)=O. The number of halogens is 11. The largest absolute Gasteiger partial charge is 0.472 e. The van der Waals surface area contributed by atoms with E-state index in [2.05, 4.69) is 36.9 Å². The van der Waals surface area contributed by atoms with Crippen LogP contribution in [0.15, 0.2) is 66.7 Å². The van der Waals surface area contributed by atoms with E-state index in [0.717, 1.165) is 66.9 Å². The smallest absolute Gasteiger partial charge is 0.434 e. The number of nitrogens with one attached hydrogen (secondary N) is 1. The standard InChI is InChI=1S/C48H39ClF10N7O12PS2/c1-45(2,80(3,73)74)14-13-26-9-10-27(38(60-26)34(17-23-15-24(50)18-25(51)16-23)61-35(67)20-64-41-36(40(62-64)48(57,58)59)31-19-32(31)47(41,55)56)28-11-12-33(49)37-39(28)65(21-46(52,53)54)63-42(37)66(81(4,75)76)43(68)29-7-5-6-8-30(29)44(69)77-22-78-79(70,71)72/h5-12,15-16,18,31-32,34H,17,19-22H2,1-4H3,(H,61,67)(H2,70,71,72)/t31-,32+,34-/m0/s1. The van der Waals surface area contributed by atoms with Crippen molar-refractivity contribution in [2.75, 3.05) is 23.6 Å². The summed E-state index contributed by atoms with van der Waals surface area (Å²) < 4.78 is 220. The first-order valence-electron chi connectivity index (χ1n) is 23.1. The molecule has 6 aromatic rings. The van der Waals surface area contributed by atoms with E-state index in [0.29, 0.717) is 12.3 Å². The third-order valence-corrected chi connectivity index (χ3v) is 16.5. The Morgan fingerprint density at radius 3 is 2.15 bits per heavy atom. The summed E-state index contributed by atoms with van der Waals surface area (Å²) in [7, 11) is -14.3. The van der Waals surface area contributed by atoms with Crippen LogP contribution in [-0.2, 0) is 70.1 Å². The Hall–Kier alpha value is -6.94. The summed E-state index contributed by atoms with van der Waals surface area (Å²) >= 11 is 6.70. The molecule has 0 aliphatic heterocycles. The number of amides is 2. The molecule has 33 heteroatoms. The van der Waals surface area contributed by atoms with Crippen LogP contribution in [0.2, 0.25) is 5.02 Å². The first-order chi connectivity index (χ1) is 37.3. The van der Waals surface area contributed by atoms with Gasteiger partial charge in [0.1, 0.15) is 40.9 Å². The molecule has 0 unspecified atom stereocenters. The number of ether oxygens (including phenoxy) is 1. The summed E-state index contributed by atoms with van der Waals surface area (Å²) in [4.78, 5) is 64.5. The van der Waals surface area contributed by atoms with E-state index in [1.807, 2.05) is 0 Å². The van der Waals surface area contributed by atoms with Crippen LogP contribution >= 0.6 is 19.4 Å². The molecule has 432 valence electrons. The van der Waals surface area contributed by atoms with E-state index in [1.54, 1.807) is 0 Å². The number of esters is 1. The Balaban J connectivity index is 1.36. The van der Waals surface area contributed by atoms with Crippen LogP contribution in [0.25, 0.3) is 22.0 Å². The lowest BCUT2D eigenvalue weighted by atomic mass is 9.93. The normalized spacial score (nSPS) is 16.5. The molecule has 0 radical (unpaired) electrons. The average molecular weight is 1230 g/mol. The van der Waals surface area contributed by atoms with Gasteiger partial charge in [-0.05, 0) is 86.6 Å². The van der Waals surface area contributed by atoms with Gasteiger partial charge in [0, 0.05) is 34.9 Å². The number of sulfone groups is 1. The Morgan fingerprint density at radius 2 is 1.56 bits per heavy atom. The minimum absolute atomic E-state index is 0.137. The Morgan fingerprint density at radius 1 is 0.926 bits per heavy atom. The highest BCUT2D eigenvalue weighted by atomic mass is 35.5. The molecule has 3 heterocycles. The lowest BCUT2D eigenvalue weighted by Crippen LogP contribution is -2.37. The molecular weight excluding hydrogens is 1190 g/mol. The van der Waals surface area contributed by atoms with E-state index in [1.165, 1.54) is 13.8 Å². The van der Waals surface area contributed by atoms with Gasteiger partial charge >= 0.3 is 26.1 Å². The van der Waals surface area contributed by atoms with Crippen LogP contribution in [0.5, 0.6) is 0 Å². The number of rotatable bonds is 16. The zero-order chi connectivity index (χ0) is 59.9. The molecular formula is C48H39ClF10N7O12PS2. The fraction of sp³-hybridized carbons (Fsp3) is 0.333. The first kappa shape index (κ1) is 60.2. The van der Waals surface area contributed by atoms with E-state index >= 15 is 8.78 Å². The van der Waals surface area contributed by atoms with Crippen LogP contribution in [0, 0.1) is 29.4 Å². The molecule has 81 heavy (non-hydrogen) atoms. The topological polar surface area (TPSA) is 259 Å². The van der Waals surface area contributed by atoms with E-state index in [9.17, 15) is 70.9 Å². The van der Waals surface area contributed by atoms with Crippen molar-refractivity contribution in [1.82, 2.24) is 29.9 Å². The number of carbonyl (C=O) groups is 3. The van der Waals surface area contributed by atoms with Crippen molar-refractivity contribution in [3.63, 3.8) is 0 Å². The lowest BCUT2D eigenvalue weighted by Gasteiger charge is -2.23. The molecule has 0 spiro atoms. The van der Waals surface area contributed by atoms with Crippen LogP contribution < -0.4 is 9.62 Å². The second-order valence-electron chi connectivity index (χ2n) is 19.1. The number of alkyl halides is 8. The van der Waals surface area contributed by atoms with Crippen LogP contribution in [0.1, 0.15) is 86.8 Å². The van der Waals surface area contributed by atoms with Crippen LogP contribution in [0.4, 0.5) is 49.7 Å². The quantitative estimate of drug-likeness (QED) is 0.0272. The number of phosphoric ester groups is 1. The molecule has 0 saturated heterocycles. The maximum atomic E-state index is 15.7. The number of hydrogen-bond donors (Lipinski definition) is 3. The fourth-order valence-electron chi connectivity index (χ4n) is 8.99. The van der Waals surface area contributed by atoms with Crippen molar-refractivity contribution in [2.24, 2.45) is 5.92 Å². The number of phosphoric acid groups is 1. The monoisotopic (exact) mass is 1230 g/mol. The number of pyridine rings is 1. The summed E-state index contributed by atoms with van der Waals surface area (Å²) in [5.74, 6) is -9.80. The molecule has 1 fully saturated rings. The third kappa shape index (κ3) is 12.6. The third-order valence-electron chi connectivity index (χ3n) is 12.8. The second-order valence-corrected chi connectivity index (χ2v) is 25.1. The van der Waals surface area contributed by atoms with Gasteiger partial charge in [-0.1, -0.05) is 35.7 Å². The number of aromatic nitrogens is 5. The molecule has 3 N–H and O–H groups in total. The molecule has 19 nitrogen and oxygen atoms in total. The summed E-state index contributed by atoms with van der Waals surface area (Å²) in [5, 5.41) is 8.31. The number of sulfonamides is 1. The van der Waals surface area contributed by atoms with Crippen molar-refractivity contribution in [2.45, 2.75) is 74.8 Å². The predicted molar refractivity (Wildman–Crippen MR) is 264 cm³/mol. The van der Waals surface area contributed by atoms with Crippen molar-refractivity contribution >= 4 is 73.8 Å². The average Bonchev–Trinajstić information content (AvgIpc) is 3.96. The summed E-state index contributed by atoms with van der Waals surface area (Å²) in [5.41, 5.74) is -8.21. The fourth-order valence-corrected chi connectivity index (χ4v) is 10.5. The number of fused-ring (bicyclic) bond motifs is 4. The van der Waals surface area contributed by atoms with Crippen molar-refractivity contribution in [3.8, 4) is 23.0 Å². The predicted octanol–water partition coefficient (Wildman–Crippen LogP) is 8.12. The molecule has 8 rings (SSSR count). The maximum absolute atomic E-state index is 15.7. The molecule has 3 aromatic heterocycles. The molecule has 2 aliphatic rings. The van der Waals surface area contributed by atoms with E-state index in [-0.39, 0.29) is 31.3 Å². The van der Waals surface area contributed by atoms with Gasteiger partial charge in [0.15, 0.2) is 21.3 Å². The molecule has 0 bridgehead atoms. The van der Waals surface area contributed by atoms with Gasteiger partial charge in [-0.2, -0.15) is 49.6 Å². The number of hydrogen-bond acceptors (Lipinski definition) is 13. The Labute approximate surface area is 456 Å². The van der Waals surface area contributed by atoms with Crippen molar-refractivity contribution in [1.29, 1.82) is 0 Å². The van der Waals surface area contributed by atoms with Crippen molar-refractivity contribution < 1.29 is 98.7 Å². The highest BCUT2D eigenvalue weighted by molar-refractivity contribution is 7.93. The van der Waals surface area contributed by atoms with Gasteiger partial charge in [0.2, 0.25) is 22.7 Å². The minimum Gasteiger partial charge on any atom is -0.434 e. The molecule has 3 aromatic carbocycles. The molecule has 3 atom stereocenters. The van der Waals surface area contributed by atoms with Crippen molar-refractivity contribution in [3.05, 3.63) is 128 Å². The summed E-state index contributed by atoms with van der Waals surface area (Å²) in [6.45, 7) is -2.46. The summed E-state index contributed by atoms with van der Waals surface area (Å²) in [6.07, 6.45) is -10.4. The molecule has 2 amide bonds. The molecule has 1 saturated carbocycles. The van der Waals surface area contributed by atoms with Gasteiger partial charge in [-0.15, -0.1) is 0 Å². The number of carbonyl (C=O) groups excluding carboxylic acids is 3. The molecule has 2 aliphatic carbocycles. The van der Waals surface area contributed by atoms with Gasteiger partial charge in [-0.25, -0.2) is 44.5 Å². The van der Waals surface area contributed by atoms with Gasteiger partial charge < -0.3 is 19.8 Å². The second kappa shape index (κ2) is 21.1. The number of anilines is 1. The van der Waals surface area contributed by atoms with Gasteiger partial charge in [-0.3, -0.25) is 19.0 Å². The number of nitrogens with zero attached hydrogens (tertiary/aromatic N) is 6. The highest BCUT2D eigenvalue weighted by Gasteiger charge is 2.68. The van der Waals surface area contributed by atoms with Crippen LogP contribution in [-0.4, -0.2) is 99.2 Å². The Bertz CT molecular complexity index is 3930. The first-order valence-corrected chi connectivity index (χ1v) is 28.7. The lowest BCUT2D eigenvalue weighted by molar-refractivity contribution is -0.143. The van der Waals surface area contributed by atoms with Gasteiger partial charge in [0.25, 0.3) is 11.8 Å². The number of benzene rings is 3.